The molecular weight excluding hydrogens is 202 g/mol. The summed E-state index contributed by atoms with van der Waals surface area (Å²) in [4.78, 5) is 27.8. The molecule has 1 atom stereocenters. The van der Waals surface area contributed by atoms with Crippen LogP contribution in [0.2, 0.25) is 0 Å². The standard InChI is InChI=1S/C8H11N3O4/c9-6(1-5-2-10-4-11-5)8(14)15-3-7(12)13/h2,4,6H,1,3,9H2,(H,10,11)(H,12,13). The zero-order chi connectivity index (χ0) is 11.3. The second-order valence-corrected chi connectivity index (χ2v) is 2.89. The summed E-state index contributed by atoms with van der Waals surface area (Å²) < 4.78 is 4.42. The van der Waals surface area contributed by atoms with E-state index < -0.39 is 24.6 Å². The van der Waals surface area contributed by atoms with E-state index in [-0.39, 0.29) is 6.42 Å². The summed E-state index contributed by atoms with van der Waals surface area (Å²) in [5.41, 5.74) is 6.17. The molecule has 1 heterocycles. The maximum Gasteiger partial charge on any atom is 0.341 e. The van der Waals surface area contributed by atoms with Crippen LogP contribution in [0.3, 0.4) is 0 Å². The molecule has 0 spiro atoms. The zero-order valence-electron chi connectivity index (χ0n) is 7.84. The van der Waals surface area contributed by atoms with E-state index in [1.54, 1.807) is 0 Å². The third kappa shape index (κ3) is 3.77. The van der Waals surface area contributed by atoms with E-state index in [9.17, 15) is 9.59 Å². The fourth-order valence-electron chi connectivity index (χ4n) is 0.956. The quantitative estimate of drug-likeness (QED) is 0.534. The SMILES string of the molecule is NC(Cc1cnc[nH]1)C(=O)OCC(=O)O. The van der Waals surface area contributed by atoms with Gasteiger partial charge in [0.1, 0.15) is 6.04 Å². The maximum atomic E-state index is 11.1. The number of aromatic amines is 1. The molecule has 0 fully saturated rings. The highest BCUT2D eigenvalue weighted by atomic mass is 16.5. The van der Waals surface area contributed by atoms with Gasteiger partial charge >= 0.3 is 11.9 Å². The minimum absolute atomic E-state index is 0.235. The molecule has 0 radical (unpaired) electrons. The van der Waals surface area contributed by atoms with Crippen molar-refractivity contribution in [3.63, 3.8) is 0 Å². The van der Waals surface area contributed by atoms with Gasteiger partial charge in [0, 0.05) is 18.3 Å². The highest BCUT2D eigenvalue weighted by Crippen LogP contribution is 1.97. The Kier molecular flexibility index (Phi) is 3.81. The Morgan fingerprint density at radius 3 is 2.93 bits per heavy atom. The number of H-pyrrole nitrogens is 1. The van der Waals surface area contributed by atoms with Crippen LogP contribution in [0.1, 0.15) is 5.69 Å². The Morgan fingerprint density at radius 1 is 1.67 bits per heavy atom. The molecule has 0 aliphatic carbocycles. The summed E-state index contributed by atoms with van der Waals surface area (Å²) in [7, 11) is 0. The number of imidazole rings is 1. The van der Waals surface area contributed by atoms with Crippen molar-refractivity contribution in [3.05, 3.63) is 18.2 Å². The molecule has 0 saturated carbocycles. The molecule has 4 N–H and O–H groups in total. The van der Waals surface area contributed by atoms with Crippen molar-refractivity contribution in [2.24, 2.45) is 5.73 Å². The summed E-state index contributed by atoms with van der Waals surface area (Å²) >= 11 is 0. The molecule has 0 amide bonds. The molecule has 7 heteroatoms. The average molecular weight is 213 g/mol. The van der Waals surface area contributed by atoms with Gasteiger partial charge in [-0.2, -0.15) is 0 Å². The summed E-state index contributed by atoms with van der Waals surface area (Å²) in [5, 5.41) is 8.27. The van der Waals surface area contributed by atoms with Crippen LogP contribution < -0.4 is 5.73 Å². The van der Waals surface area contributed by atoms with Crippen molar-refractivity contribution in [1.29, 1.82) is 0 Å². The number of rotatable bonds is 5. The van der Waals surface area contributed by atoms with Gasteiger partial charge in [-0.25, -0.2) is 9.78 Å². The summed E-state index contributed by atoms with van der Waals surface area (Å²) in [5.74, 6) is -1.95. The lowest BCUT2D eigenvalue weighted by Crippen LogP contribution is -2.35. The second kappa shape index (κ2) is 5.11. The second-order valence-electron chi connectivity index (χ2n) is 2.89. The molecule has 0 aliphatic heterocycles. The molecule has 15 heavy (non-hydrogen) atoms. The monoisotopic (exact) mass is 213 g/mol. The molecule has 1 aromatic rings. The number of carboxylic acids is 1. The number of hydrogen-bond acceptors (Lipinski definition) is 5. The van der Waals surface area contributed by atoms with Gasteiger partial charge in [-0.05, 0) is 0 Å². The molecule has 1 unspecified atom stereocenters. The number of hydrogen-bond donors (Lipinski definition) is 3. The summed E-state index contributed by atoms with van der Waals surface area (Å²) in [6.07, 6.45) is 3.23. The van der Waals surface area contributed by atoms with Gasteiger partial charge in [-0.3, -0.25) is 4.79 Å². The van der Waals surface area contributed by atoms with E-state index in [0.717, 1.165) is 0 Å². The molecule has 0 aromatic carbocycles. The highest BCUT2D eigenvalue weighted by Gasteiger charge is 2.17. The number of nitrogens with zero attached hydrogens (tertiary/aromatic N) is 1. The Balaban J connectivity index is 2.36. The number of carboxylic acid groups (broad SMARTS) is 1. The van der Waals surface area contributed by atoms with Crippen LogP contribution in [0.5, 0.6) is 0 Å². The zero-order valence-corrected chi connectivity index (χ0v) is 7.84. The molecule has 0 bridgehead atoms. The smallest absolute Gasteiger partial charge is 0.341 e. The lowest BCUT2D eigenvalue weighted by atomic mass is 10.2. The van der Waals surface area contributed by atoms with Crippen LogP contribution in [0.15, 0.2) is 12.5 Å². The molecular formula is C8H11N3O4. The lowest BCUT2D eigenvalue weighted by Gasteiger charge is -2.08. The number of nitrogens with one attached hydrogen (secondary N) is 1. The van der Waals surface area contributed by atoms with Gasteiger partial charge in [0.15, 0.2) is 6.61 Å². The fourth-order valence-corrected chi connectivity index (χ4v) is 0.956. The van der Waals surface area contributed by atoms with Crippen molar-refractivity contribution in [2.45, 2.75) is 12.5 Å². The highest BCUT2D eigenvalue weighted by molar-refractivity contribution is 5.79. The number of aromatic nitrogens is 2. The van der Waals surface area contributed by atoms with Crippen LogP contribution >= 0.6 is 0 Å². The predicted molar refractivity (Wildman–Crippen MR) is 48.9 cm³/mol. The van der Waals surface area contributed by atoms with Crippen molar-refractivity contribution in [2.75, 3.05) is 6.61 Å². The lowest BCUT2D eigenvalue weighted by molar-refractivity contribution is -0.156. The van der Waals surface area contributed by atoms with Crippen LogP contribution in [-0.2, 0) is 20.7 Å². The molecule has 82 valence electrons. The van der Waals surface area contributed by atoms with Crippen LogP contribution in [0.4, 0.5) is 0 Å². The summed E-state index contributed by atoms with van der Waals surface area (Å²) in [6.45, 7) is -0.671. The molecule has 0 saturated heterocycles. The molecule has 1 aromatic heterocycles. The Labute approximate surface area is 85.3 Å². The topological polar surface area (TPSA) is 118 Å². The van der Waals surface area contributed by atoms with Gasteiger partial charge < -0.3 is 20.6 Å². The predicted octanol–water partition coefficient (Wildman–Crippen LogP) is -1.09. The normalized spacial score (nSPS) is 12.1. The maximum absolute atomic E-state index is 11.1. The van der Waals surface area contributed by atoms with Crippen LogP contribution in [0.25, 0.3) is 0 Å². The Bertz CT molecular complexity index is 336. The van der Waals surface area contributed by atoms with E-state index in [1.165, 1.54) is 12.5 Å². The summed E-state index contributed by atoms with van der Waals surface area (Å²) in [6, 6.07) is -0.884. The first kappa shape index (κ1) is 11.2. The van der Waals surface area contributed by atoms with E-state index in [1.807, 2.05) is 0 Å². The van der Waals surface area contributed by atoms with E-state index in [0.29, 0.717) is 5.69 Å². The minimum Gasteiger partial charge on any atom is -0.479 e. The number of ether oxygens (including phenoxy) is 1. The van der Waals surface area contributed by atoms with Crippen LogP contribution in [0, 0.1) is 0 Å². The van der Waals surface area contributed by atoms with E-state index in [2.05, 4.69) is 14.7 Å². The van der Waals surface area contributed by atoms with E-state index in [4.69, 9.17) is 10.8 Å². The van der Waals surface area contributed by atoms with Crippen molar-refractivity contribution in [1.82, 2.24) is 9.97 Å². The first-order valence-corrected chi connectivity index (χ1v) is 4.21. The molecule has 7 nitrogen and oxygen atoms in total. The van der Waals surface area contributed by atoms with Crippen molar-refractivity contribution >= 4 is 11.9 Å². The number of nitrogens with two attached hydrogens (primary N) is 1. The average Bonchev–Trinajstić information content (AvgIpc) is 2.66. The van der Waals surface area contributed by atoms with Gasteiger partial charge in [0.05, 0.1) is 6.33 Å². The fraction of sp³-hybridized carbons (Fsp3) is 0.375. The van der Waals surface area contributed by atoms with Crippen LogP contribution in [-0.4, -0.2) is 39.7 Å². The largest absolute Gasteiger partial charge is 0.479 e. The number of aliphatic carboxylic acids is 1. The van der Waals surface area contributed by atoms with Gasteiger partial charge in [-0.15, -0.1) is 0 Å². The van der Waals surface area contributed by atoms with Gasteiger partial charge in [0.25, 0.3) is 0 Å². The van der Waals surface area contributed by atoms with E-state index >= 15 is 0 Å². The molecule has 0 aliphatic rings. The Hall–Kier alpha value is -1.89. The van der Waals surface area contributed by atoms with Gasteiger partial charge in [0.2, 0.25) is 0 Å². The Morgan fingerprint density at radius 2 is 2.40 bits per heavy atom. The number of carbonyl (C=O) groups is 2. The third-order valence-electron chi connectivity index (χ3n) is 1.64. The molecule has 1 rings (SSSR count). The third-order valence-corrected chi connectivity index (χ3v) is 1.64. The van der Waals surface area contributed by atoms with Gasteiger partial charge in [-0.1, -0.05) is 0 Å². The first-order chi connectivity index (χ1) is 7.09. The number of carbonyl (C=O) groups excluding carboxylic acids is 1. The van der Waals surface area contributed by atoms with Crippen molar-refractivity contribution in [3.8, 4) is 0 Å². The minimum atomic E-state index is -1.21. The first-order valence-electron chi connectivity index (χ1n) is 4.21. The van der Waals surface area contributed by atoms with Crippen molar-refractivity contribution < 1.29 is 19.4 Å². The number of esters is 1.